The molecular formula is C16H20FN5O. The maximum absolute atomic E-state index is 13.2. The van der Waals surface area contributed by atoms with Crippen LogP contribution in [0.4, 0.5) is 4.39 Å². The van der Waals surface area contributed by atoms with E-state index < -0.39 is 0 Å². The summed E-state index contributed by atoms with van der Waals surface area (Å²) >= 11 is 0. The first-order valence-electron chi connectivity index (χ1n) is 7.71. The third-order valence-electron chi connectivity index (χ3n) is 3.84. The van der Waals surface area contributed by atoms with E-state index in [0.29, 0.717) is 25.3 Å². The molecular weight excluding hydrogens is 297 g/mol. The summed E-state index contributed by atoms with van der Waals surface area (Å²) < 4.78 is 14.8. The summed E-state index contributed by atoms with van der Waals surface area (Å²) in [6.45, 7) is 5.79. The number of rotatable bonds is 3. The first kappa shape index (κ1) is 15.6. The van der Waals surface area contributed by atoms with Crippen LogP contribution in [-0.4, -0.2) is 51.0 Å². The van der Waals surface area contributed by atoms with Gasteiger partial charge in [0.1, 0.15) is 5.82 Å². The van der Waals surface area contributed by atoms with Gasteiger partial charge >= 0.3 is 0 Å². The first-order chi connectivity index (χ1) is 11.0. The molecule has 0 saturated carbocycles. The smallest absolute Gasteiger partial charge is 0.276 e. The van der Waals surface area contributed by atoms with Gasteiger partial charge in [-0.1, -0.05) is 17.3 Å². The number of carbonyl (C=O) groups is 1. The summed E-state index contributed by atoms with van der Waals surface area (Å²) in [5.74, 6) is -0.404. The van der Waals surface area contributed by atoms with Crippen LogP contribution in [0.2, 0.25) is 0 Å². The lowest BCUT2D eigenvalue weighted by molar-refractivity contribution is 0.0667. The molecule has 23 heavy (non-hydrogen) atoms. The fourth-order valence-electron chi connectivity index (χ4n) is 2.95. The molecule has 3 rings (SSSR count). The fourth-order valence-corrected chi connectivity index (χ4v) is 2.95. The quantitative estimate of drug-likeness (QED) is 0.926. The van der Waals surface area contributed by atoms with Crippen molar-refractivity contribution in [1.82, 2.24) is 25.2 Å². The van der Waals surface area contributed by atoms with Crippen molar-refractivity contribution in [1.29, 1.82) is 0 Å². The van der Waals surface area contributed by atoms with E-state index >= 15 is 0 Å². The molecule has 1 N–H and O–H groups in total. The Kier molecular flexibility index (Phi) is 4.38. The average Bonchev–Trinajstić information content (AvgIpc) is 2.94. The van der Waals surface area contributed by atoms with Crippen LogP contribution in [0.5, 0.6) is 0 Å². The Morgan fingerprint density at radius 3 is 2.78 bits per heavy atom. The average molecular weight is 317 g/mol. The zero-order valence-corrected chi connectivity index (χ0v) is 13.2. The molecule has 0 unspecified atom stereocenters. The van der Waals surface area contributed by atoms with Gasteiger partial charge in [-0.15, -0.1) is 5.10 Å². The summed E-state index contributed by atoms with van der Waals surface area (Å²) in [4.78, 5) is 14.3. The predicted molar refractivity (Wildman–Crippen MR) is 83.5 cm³/mol. The maximum Gasteiger partial charge on any atom is 0.276 e. The van der Waals surface area contributed by atoms with Crippen LogP contribution in [0.25, 0.3) is 0 Å². The number of hydrogen-bond donors (Lipinski definition) is 1. The van der Waals surface area contributed by atoms with E-state index in [9.17, 15) is 9.18 Å². The van der Waals surface area contributed by atoms with Gasteiger partial charge < -0.3 is 10.2 Å². The lowest BCUT2D eigenvalue weighted by Crippen LogP contribution is -2.55. The highest BCUT2D eigenvalue weighted by Gasteiger charge is 2.27. The number of benzene rings is 1. The van der Waals surface area contributed by atoms with Crippen LogP contribution < -0.4 is 5.32 Å². The Morgan fingerprint density at radius 1 is 1.35 bits per heavy atom. The molecule has 0 spiro atoms. The molecule has 0 aliphatic carbocycles. The van der Waals surface area contributed by atoms with Crippen LogP contribution >= 0.6 is 0 Å². The molecule has 1 aliphatic rings. The predicted octanol–water partition coefficient (Wildman–Crippen LogP) is 1.29. The van der Waals surface area contributed by atoms with Gasteiger partial charge in [-0.2, -0.15) is 0 Å². The lowest BCUT2D eigenvalue weighted by Gasteiger charge is -2.35. The molecule has 2 atom stereocenters. The monoisotopic (exact) mass is 317 g/mol. The molecule has 2 heterocycles. The van der Waals surface area contributed by atoms with Crippen molar-refractivity contribution in [2.24, 2.45) is 0 Å². The Labute approximate surface area is 134 Å². The molecule has 1 aromatic heterocycles. The van der Waals surface area contributed by atoms with Crippen molar-refractivity contribution in [3.63, 3.8) is 0 Å². The van der Waals surface area contributed by atoms with Crippen molar-refractivity contribution in [2.75, 3.05) is 13.1 Å². The second-order valence-electron chi connectivity index (χ2n) is 6.11. The third-order valence-corrected chi connectivity index (χ3v) is 3.84. The summed E-state index contributed by atoms with van der Waals surface area (Å²) in [6.07, 6.45) is 1.62. The van der Waals surface area contributed by atoms with Gasteiger partial charge in [-0.3, -0.25) is 4.79 Å². The maximum atomic E-state index is 13.2. The minimum Gasteiger partial charge on any atom is -0.334 e. The highest BCUT2D eigenvalue weighted by Crippen LogP contribution is 2.10. The summed E-state index contributed by atoms with van der Waals surface area (Å²) in [6, 6.07) is 6.81. The van der Waals surface area contributed by atoms with E-state index in [0.717, 1.165) is 5.56 Å². The van der Waals surface area contributed by atoms with Crippen molar-refractivity contribution in [2.45, 2.75) is 32.5 Å². The number of aromatic nitrogens is 3. The molecule has 7 heteroatoms. The molecule has 1 saturated heterocycles. The number of amides is 1. The van der Waals surface area contributed by atoms with Crippen LogP contribution in [-0.2, 0) is 6.54 Å². The van der Waals surface area contributed by atoms with Gasteiger partial charge in [0.25, 0.3) is 5.91 Å². The normalized spacial score (nSPS) is 21.4. The number of nitrogens with zero attached hydrogens (tertiary/aromatic N) is 4. The Balaban J connectivity index is 1.70. The molecule has 2 aromatic rings. The number of halogens is 1. The van der Waals surface area contributed by atoms with Crippen LogP contribution in [0.3, 0.4) is 0 Å². The number of nitrogens with one attached hydrogen (secondary N) is 1. The van der Waals surface area contributed by atoms with E-state index in [-0.39, 0.29) is 23.8 Å². The zero-order chi connectivity index (χ0) is 16.4. The molecule has 1 amide bonds. The van der Waals surface area contributed by atoms with Crippen molar-refractivity contribution in [3.05, 3.63) is 47.5 Å². The first-order valence-corrected chi connectivity index (χ1v) is 7.71. The zero-order valence-electron chi connectivity index (χ0n) is 13.2. The van der Waals surface area contributed by atoms with Gasteiger partial charge in [0.05, 0.1) is 12.7 Å². The molecule has 1 aromatic carbocycles. The fraction of sp³-hybridized carbons (Fsp3) is 0.438. The summed E-state index contributed by atoms with van der Waals surface area (Å²) in [5.41, 5.74) is 1.10. The highest BCUT2D eigenvalue weighted by molar-refractivity contribution is 5.92. The molecule has 0 bridgehead atoms. The van der Waals surface area contributed by atoms with Crippen molar-refractivity contribution >= 4 is 5.91 Å². The van der Waals surface area contributed by atoms with Crippen molar-refractivity contribution < 1.29 is 9.18 Å². The largest absolute Gasteiger partial charge is 0.334 e. The minimum atomic E-state index is -0.289. The Hall–Kier alpha value is -2.28. The Bertz CT molecular complexity index is 691. The topological polar surface area (TPSA) is 63.1 Å². The van der Waals surface area contributed by atoms with E-state index in [4.69, 9.17) is 0 Å². The van der Waals surface area contributed by atoms with Crippen LogP contribution in [0.15, 0.2) is 30.5 Å². The molecule has 6 nitrogen and oxygen atoms in total. The van der Waals surface area contributed by atoms with E-state index in [1.54, 1.807) is 21.8 Å². The van der Waals surface area contributed by atoms with Gasteiger partial charge in [0, 0.05) is 25.2 Å². The van der Waals surface area contributed by atoms with Gasteiger partial charge in [0.15, 0.2) is 5.69 Å². The molecule has 0 radical (unpaired) electrons. The highest BCUT2D eigenvalue weighted by atomic mass is 19.1. The lowest BCUT2D eigenvalue weighted by atomic mass is 10.1. The molecule has 1 aliphatic heterocycles. The number of carbonyl (C=O) groups excluding carboxylic acids is 1. The second kappa shape index (κ2) is 6.45. The number of hydrogen-bond acceptors (Lipinski definition) is 4. The van der Waals surface area contributed by atoms with E-state index in [1.165, 1.54) is 12.1 Å². The third kappa shape index (κ3) is 3.73. The standard InChI is InChI=1S/C16H20FN5O/c1-11-7-21(8-12(2)18-11)16(23)15-10-22(20-19-15)9-13-4-3-5-14(17)6-13/h3-6,10-12,18H,7-9H2,1-2H3/t11-,12+. The second-order valence-corrected chi connectivity index (χ2v) is 6.11. The van der Waals surface area contributed by atoms with Gasteiger partial charge in [-0.05, 0) is 31.5 Å². The van der Waals surface area contributed by atoms with Crippen LogP contribution in [0.1, 0.15) is 29.9 Å². The van der Waals surface area contributed by atoms with E-state index in [1.807, 2.05) is 6.07 Å². The van der Waals surface area contributed by atoms with Crippen molar-refractivity contribution in [3.8, 4) is 0 Å². The van der Waals surface area contributed by atoms with Crippen LogP contribution in [0, 0.1) is 5.82 Å². The minimum absolute atomic E-state index is 0.115. The van der Waals surface area contributed by atoms with E-state index in [2.05, 4.69) is 29.5 Å². The summed E-state index contributed by atoms with van der Waals surface area (Å²) in [7, 11) is 0. The Morgan fingerprint density at radius 2 is 2.09 bits per heavy atom. The SMILES string of the molecule is C[C@@H]1CN(C(=O)c2cn(Cc3cccc(F)c3)nn2)C[C@H](C)N1. The molecule has 122 valence electrons. The van der Waals surface area contributed by atoms with Gasteiger partial charge in [-0.25, -0.2) is 9.07 Å². The summed E-state index contributed by atoms with van der Waals surface area (Å²) in [5, 5.41) is 11.3. The molecule has 1 fully saturated rings. The number of piperazine rings is 1. The van der Waals surface area contributed by atoms with Gasteiger partial charge in [0.2, 0.25) is 0 Å².